The van der Waals surface area contributed by atoms with Crippen LogP contribution in [0.4, 0.5) is 5.69 Å². The van der Waals surface area contributed by atoms with Crippen molar-refractivity contribution < 1.29 is 19.1 Å². The average molecular weight is 599 g/mol. The quantitative estimate of drug-likeness (QED) is 0.108. The molecule has 0 spiro atoms. The van der Waals surface area contributed by atoms with Gasteiger partial charge in [0.25, 0.3) is 0 Å². The second kappa shape index (κ2) is 15.2. The van der Waals surface area contributed by atoms with Gasteiger partial charge in [-0.2, -0.15) is 5.26 Å². The molecule has 2 aliphatic heterocycles. The topological polar surface area (TPSA) is 119 Å². The number of methoxy groups -OCH3 is 2. The number of benzene rings is 2. The van der Waals surface area contributed by atoms with Crippen LogP contribution in [0.2, 0.25) is 0 Å². The third-order valence-corrected chi connectivity index (χ3v) is 8.40. The molecule has 0 aromatic heterocycles. The number of esters is 2. The van der Waals surface area contributed by atoms with Gasteiger partial charge in [-0.15, -0.1) is 0 Å². The highest BCUT2D eigenvalue weighted by atomic mass is 16.5. The van der Waals surface area contributed by atoms with Gasteiger partial charge in [0.2, 0.25) is 5.96 Å². The maximum Gasteiger partial charge on any atom is 0.336 e. The highest BCUT2D eigenvalue weighted by Crippen LogP contribution is 2.40. The lowest BCUT2D eigenvalue weighted by molar-refractivity contribution is -0.137. The Kier molecular flexibility index (Phi) is 11.2. The largest absolute Gasteiger partial charge is 0.466 e. The van der Waals surface area contributed by atoms with Gasteiger partial charge in [0.15, 0.2) is 6.19 Å². The number of ether oxygens (including phenoxy) is 2. The van der Waals surface area contributed by atoms with Crippen molar-refractivity contribution in [3.63, 3.8) is 0 Å². The zero-order valence-corrected chi connectivity index (χ0v) is 26.2. The van der Waals surface area contributed by atoms with Crippen LogP contribution >= 0.6 is 0 Å². The first kappa shape index (κ1) is 32.3. The second-order valence-electron chi connectivity index (χ2n) is 11.1. The molecule has 232 valence electrons. The van der Waals surface area contributed by atoms with Crippen molar-refractivity contribution in [1.82, 2.24) is 15.5 Å². The summed E-state index contributed by atoms with van der Waals surface area (Å²) < 4.78 is 10.2. The Labute approximate surface area is 260 Å². The van der Waals surface area contributed by atoms with Crippen molar-refractivity contribution in [1.29, 1.82) is 5.26 Å². The molecule has 0 bridgehead atoms. The molecule has 1 fully saturated rings. The number of hydrogen-bond donors (Lipinski definition) is 2. The van der Waals surface area contributed by atoms with Crippen LogP contribution in [0.25, 0.3) is 0 Å². The van der Waals surface area contributed by atoms with Crippen LogP contribution in [0.5, 0.6) is 0 Å². The Morgan fingerprint density at radius 1 is 1.00 bits per heavy atom. The third-order valence-electron chi connectivity index (χ3n) is 8.40. The van der Waals surface area contributed by atoms with Gasteiger partial charge in [0.1, 0.15) is 0 Å². The van der Waals surface area contributed by atoms with Crippen molar-refractivity contribution in [2.24, 2.45) is 4.99 Å². The van der Waals surface area contributed by atoms with E-state index in [4.69, 9.17) is 14.5 Å². The van der Waals surface area contributed by atoms with Crippen LogP contribution in [0.1, 0.15) is 56.1 Å². The molecule has 0 saturated carbocycles. The van der Waals surface area contributed by atoms with E-state index >= 15 is 0 Å². The molecule has 2 aliphatic rings. The normalized spacial score (nSPS) is 16.7. The third kappa shape index (κ3) is 7.47. The first-order valence-electron chi connectivity index (χ1n) is 14.9. The SMILES string of the molecule is COC(=O)C1=C(C)NC(C)=C(C(=O)OC)C1c1cccc(N(C)C(=NCCCN2CCC(c3ccccc3)CC2)NC#N)c1. The molecule has 44 heavy (non-hydrogen) atoms. The van der Waals surface area contributed by atoms with Gasteiger partial charge in [-0.3, -0.25) is 10.3 Å². The van der Waals surface area contributed by atoms with E-state index in [-0.39, 0.29) is 0 Å². The Morgan fingerprint density at radius 2 is 1.61 bits per heavy atom. The Morgan fingerprint density at radius 3 is 2.20 bits per heavy atom. The van der Waals surface area contributed by atoms with Crippen molar-refractivity contribution in [2.45, 2.75) is 44.9 Å². The zero-order chi connectivity index (χ0) is 31.6. The lowest BCUT2D eigenvalue weighted by atomic mass is 9.80. The minimum absolute atomic E-state index is 0.329. The summed E-state index contributed by atoms with van der Waals surface area (Å²) in [6.45, 7) is 7.20. The summed E-state index contributed by atoms with van der Waals surface area (Å²) in [6, 6.07) is 18.2. The summed E-state index contributed by atoms with van der Waals surface area (Å²) in [6.07, 6.45) is 5.18. The average Bonchev–Trinajstić information content (AvgIpc) is 3.05. The number of dihydropyridines is 1. The molecule has 4 rings (SSSR count). The smallest absolute Gasteiger partial charge is 0.336 e. The lowest BCUT2D eigenvalue weighted by Crippen LogP contribution is -2.37. The van der Waals surface area contributed by atoms with Crippen LogP contribution in [-0.2, 0) is 19.1 Å². The minimum Gasteiger partial charge on any atom is -0.466 e. The van der Waals surface area contributed by atoms with Crippen molar-refractivity contribution in [3.05, 3.63) is 88.3 Å². The molecule has 1 saturated heterocycles. The molecule has 0 unspecified atom stereocenters. The molecule has 0 radical (unpaired) electrons. The fraction of sp³-hybridized carbons (Fsp3) is 0.412. The summed E-state index contributed by atoms with van der Waals surface area (Å²) in [4.78, 5) is 34.8. The van der Waals surface area contributed by atoms with E-state index in [9.17, 15) is 14.9 Å². The van der Waals surface area contributed by atoms with Crippen LogP contribution < -0.4 is 15.5 Å². The van der Waals surface area contributed by atoms with Crippen LogP contribution in [0, 0.1) is 11.5 Å². The Hall–Kier alpha value is -4.62. The molecular formula is C34H42N6O4. The van der Waals surface area contributed by atoms with Gasteiger partial charge < -0.3 is 24.6 Å². The molecule has 2 aromatic carbocycles. The van der Waals surface area contributed by atoms with E-state index in [0.29, 0.717) is 46.5 Å². The van der Waals surface area contributed by atoms with Gasteiger partial charge >= 0.3 is 11.9 Å². The van der Waals surface area contributed by atoms with Crippen LogP contribution in [0.15, 0.2) is 82.1 Å². The number of piperidine rings is 1. The number of anilines is 1. The van der Waals surface area contributed by atoms with Gasteiger partial charge in [-0.05, 0) is 81.9 Å². The number of nitrogens with one attached hydrogen (secondary N) is 2. The summed E-state index contributed by atoms with van der Waals surface area (Å²) in [5, 5.41) is 15.3. The van der Waals surface area contributed by atoms with Crippen molar-refractivity contribution in [2.75, 3.05) is 52.3 Å². The van der Waals surface area contributed by atoms with E-state index in [1.54, 1.807) is 18.7 Å². The monoisotopic (exact) mass is 598 g/mol. The first-order chi connectivity index (χ1) is 21.3. The lowest BCUT2D eigenvalue weighted by Gasteiger charge is -2.32. The summed E-state index contributed by atoms with van der Waals surface area (Å²) in [5.74, 6) is -0.745. The van der Waals surface area contributed by atoms with E-state index in [2.05, 4.69) is 45.9 Å². The first-order valence-corrected chi connectivity index (χ1v) is 14.9. The van der Waals surface area contributed by atoms with Gasteiger partial charge in [-0.1, -0.05) is 42.5 Å². The number of allylic oxidation sites excluding steroid dienone is 2. The summed E-state index contributed by atoms with van der Waals surface area (Å²) in [7, 11) is 4.45. The van der Waals surface area contributed by atoms with Gasteiger partial charge in [0, 0.05) is 30.7 Å². The molecule has 10 heteroatoms. The fourth-order valence-electron chi connectivity index (χ4n) is 6.10. The minimum atomic E-state index is -0.708. The molecular weight excluding hydrogens is 556 g/mol. The number of aliphatic imine (C=N–C) groups is 1. The molecule has 2 N–H and O–H groups in total. The second-order valence-corrected chi connectivity index (χ2v) is 11.1. The maximum absolute atomic E-state index is 12.9. The number of guanidine groups is 1. The highest BCUT2D eigenvalue weighted by molar-refractivity contribution is 6.00. The van der Waals surface area contributed by atoms with E-state index in [1.165, 1.54) is 19.8 Å². The molecule has 10 nitrogen and oxygen atoms in total. The summed E-state index contributed by atoms with van der Waals surface area (Å²) >= 11 is 0. The fourth-order valence-corrected chi connectivity index (χ4v) is 6.10. The number of nitriles is 1. The molecule has 0 atom stereocenters. The van der Waals surface area contributed by atoms with E-state index < -0.39 is 17.9 Å². The van der Waals surface area contributed by atoms with Crippen LogP contribution in [0.3, 0.4) is 0 Å². The number of likely N-dealkylation sites (tertiary alicyclic amines) is 1. The number of carbonyl (C=O) groups excluding carboxylic acids is 2. The molecule has 0 amide bonds. The van der Waals surface area contributed by atoms with Crippen molar-refractivity contribution >= 4 is 23.6 Å². The molecule has 2 aromatic rings. The Bertz CT molecular complexity index is 1430. The molecule has 0 aliphatic carbocycles. The number of hydrogen-bond acceptors (Lipinski definition) is 8. The zero-order valence-electron chi connectivity index (χ0n) is 26.2. The predicted molar refractivity (Wildman–Crippen MR) is 171 cm³/mol. The number of nitrogens with zero attached hydrogens (tertiary/aromatic N) is 4. The maximum atomic E-state index is 12.9. The van der Waals surface area contributed by atoms with E-state index in [0.717, 1.165) is 44.6 Å². The van der Waals surface area contributed by atoms with Gasteiger partial charge in [0.05, 0.1) is 31.3 Å². The van der Waals surface area contributed by atoms with Crippen molar-refractivity contribution in [3.8, 4) is 6.19 Å². The van der Waals surface area contributed by atoms with Crippen LogP contribution in [-0.4, -0.2) is 70.2 Å². The summed E-state index contributed by atoms with van der Waals surface area (Å²) in [5.41, 5.74) is 4.72. The highest BCUT2D eigenvalue weighted by Gasteiger charge is 2.37. The number of rotatable bonds is 9. The van der Waals surface area contributed by atoms with Gasteiger partial charge in [-0.25, -0.2) is 9.59 Å². The molecule has 2 heterocycles. The standard InChI is InChI=1S/C34H42N6O4/c1-23-29(32(41)43-4)31(30(24(2)38-23)33(42)44-5)27-13-9-14-28(21-27)39(3)34(37-22-35)36-17-10-18-40-19-15-26(16-20-40)25-11-7-6-8-12-25/h6-9,11-14,21,26,31,38H,10,15-20H2,1-5H3,(H,36,37). The Balaban J connectivity index is 1.47. The predicted octanol–water partition coefficient (Wildman–Crippen LogP) is 4.40. The van der Waals surface area contributed by atoms with E-state index in [1.807, 2.05) is 37.5 Å². The number of carbonyl (C=O) groups is 2.